The first-order valence-electron chi connectivity index (χ1n) is 6.91. The number of hydrogen-bond donors (Lipinski definition) is 1. The Bertz CT molecular complexity index is 463. The Morgan fingerprint density at radius 2 is 2.45 bits per heavy atom. The highest BCUT2D eigenvalue weighted by Gasteiger charge is 2.37. The summed E-state index contributed by atoms with van der Waals surface area (Å²) in [4.78, 5) is 18.5. The largest absolute Gasteiger partial charge is 0.396 e. The Morgan fingerprint density at radius 3 is 3.05 bits per heavy atom. The minimum atomic E-state index is -0.227. The van der Waals surface area contributed by atoms with Crippen molar-refractivity contribution in [2.24, 2.45) is 5.41 Å². The van der Waals surface area contributed by atoms with Crippen LogP contribution in [0.3, 0.4) is 0 Å². The molecule has 1 aromatic rings. The molecule has 20 heavy (non-hydrogen) atoms. The van der Waals surface area contributed by atoms with Crippen LogP contribution >= 0.6 is 11.3 Å². The fraction of sp³-hybridized carbons (Fsp3) is 0.714. The van der Waals surface area contributed by atoms with E-state index < -0.39 is 0 Å². The van der Waals surface area contributed by atoms with Gasteiger partial charge in [0.25, 0.3) is 5.91 Å². The summed E-state index contributed by atoms with van der Waals surface area (Å²) in [7, 11) is 1.66. The van der Waals surface area contributed by atoms with Gasteiger partial charge in [-0.2, -0.15) is 0 Å². The van der Waals surface area contributed by atoms with Gasteiger partial charge in [-0.05, 0) is 26.2 Å². The van der Waals surface area contributed by atoms with Crippen LogP contribution in [-0.2, 0) is 4.74 Å². The zero-order valence-electron chi connectivity index (χ0n) is 12.1. The lowest BCUT2D eigenvalue weighted by molar-refractivity contribution is 0.00876. The number of aromatic nitrogens is 1. The molecule has 0 aromatic carbocycles. The lowest BCUT2D eigenvalue weighted by Crippen LogP contribution is -2.48. The van der Waals surface area contributed by atoms with E-state index in [0.29, 0.717) is 18.8 Å². The number of rotatable bonds is 5. The molecule has 1 saturated heterocycles. The second kappa shape index (κ2) is 6.65. The summed E-state index contributed by atoms with van der Waals surface area (Å²) < 4.78 is 5.13. The van der Waals surface area contributed by atoms with Gasteiger partial charge in [0.05, 0.1) is 11.6 Å². The lowest BCUT2D eigenvalue weighted by Gasteiger charge is -2.41. The molecule has 0 radical (unpaired) electrons. The van der Waals surface area contributed by atoms with Crippen molar-refractivity contribution in [1.29, 1.82) is 0 Å². The maximum atomic E-state index is 12.4. The number of thiazole rings is 1. The smallest absolute Gasteiger partial charge is 0.273 e. The number of nitrogens with zero attached hydrogens (tertiary/aromatic N) is 2. The molecule has 2 rings (SSSR count). The molecule has 1 atom stereocenters. The van der Waals surface area contributed by atoms with Crippen LogP contribution in [0.5, 0.6) is 0 Å². The van der Waals surface area contributed by atoms with Crippen LogP contribution in [0.4, 0.5) is 0 Å². The Labute approximate surface area is 123 Å². The standard InChI is InChI=1S/C14H22N2O3S/c1-11-15-12(8-20-11)13(18)16-6-3-4-14(9-16,10-17)5-7-19-2/h8,17H,3-7,9-10H2,1-2H3/t14-/m1/s1. The number of amides is 1. The van der Waals surface area contributed by atoms with E-state index in [2.05, 4.69) is 4.98 Å². The summed E-state index contributed by atoms with van der Waals surface area (Å²) in [6.45, 7) is 3.93. The Kier molecular flexibility index (Phi) is 5.12. The average molecular weight is 298 g/mol. The van der Waals surface area contributed by atoms with Crippen LogP contribution in [0.15, 0.2) is 5.38 Å². The number of aliphatic hydroxyl groups excluding tert-OH is 1. The van der Waals surface area contributed by atoms with Crippen LogP contribution in [0.1, 0.15) is 34.8 Å². The number of ether oxygens (including phenoxy) is 1. The van der Waals surface area contributed by atoms with E-state index in [1.807, 2.05) is 17.2 Å². The quantitative estimate of drug-likeness (QED) is 0.899. The number of carbonyl (C=O) groups excluding carboxylic acids is 1. The minimum absolute atomic E-state index is 0.0238. The topological polar surface area (TPSA) is 62.7 Å². The molecule has 0 aliphatic carbocycles. The van der Waals surface area contributed by atoms with E-state index in [4.69, 9.17) is 4.74 Å². The van der Waals surface area contributed by atoms with Gasteiger partial charge < -0.3 is 14.7 Å². The third-order valence-electron chi connectivity index (χ3n) is 3.96. The van der Waals surface area contributed by atoms with Crippen molar-refractivity contribution >= 4 is 17.2 Å². The average Bonchev–Trinajstić information content (AvgIpc) is 2.91. The molecule has 6 heteroatoms. The number of aryl methyl sites for hydroxylation is 1. The molecule has 0 unspecified atom stereocenters. The monoisotopic (exact) mass is 298 g/mol. The van der Waals surface area contributed by atoms with Gasteiger partial charge in [0, 0.05) is 37.6 Å². The summed E-state index contributed by atoms with van der Waals surface area (Å²) in [5, 5.41) is 12.4. The van der Waals surface area contributed by atoms with E-state index in [-0.39, 0.29) is 17.9 Å². The highest BCUT2D eigenvalue weighted by Crippen LogP contribution is 2.33. The molecular formula is C14H22N2O3S. The highest BCUT2D eigenvalue weighted by atomic mass is 32.1. The van der Waals surface area contributed by atoms with Crippen LogP contribution in [0.25, 0.3) is 0 Å². The number of piperidine rings is 1. The van der Waals surface area contributed by atoms with E-state index in [1.54, 1.807) is 7.11 Å². The molecule has 1 N–H and O–H groups in total. The molecule has 1 aromatic heterocycles. The Hall–Kier alpha value is -0.980. The third kappa shape index (κ3) is 3.37. The molecule has 0 saturated carbocycles. The molecule has 0 spiro atoms. The minimum Gasteiger partial charge on any atom is -0.396 e. The van der Waals surface area contributed by atoms with Crippen molar-refractivity contribution in [1.82, 2.24) is 9.88 Å². The molecule has 1 aliphatic rings. The molecule has 1 amide bonds. The molecule has 0 bridgehead atoms. The van der Waals surface area contributed by atoms with Gasteiger partial charge in [-0.3, -0.25) is 4.79 Å². The van der Waals surface area contributed by atoms with Gasteiger partial charge in [0.15, 0.2) is 0 Å². The van der Waals surface area contributed by atoms with Gasteiger partial charge in [0.2, 0.25) is 0 Å². The van der Waals surface area contributed by atoms with E-state index in [1.165, 1.54) is 11.3 Å². The number of aliphatic hydroxyl groups is 1. The maximum absolute atomic E-state index is 12.4. The normalized spacial score (nSPS) is 23.1. The summed E-state index contributed by atoms with van der Waals surface area (Å²) in [6.07, 6.45) is 2.63. The van der Waals surface area contributed by atoms with E-state index in [9.17, 15) is 9.90 Å². The Balaban J connectivity index is 2.07. The summed E-state index contributed by atoms with van der Waals surface area (Å²) in [6, 6.07) is 0. The first-order chi connectivity index (χ1) is 9.60. The van der Waals surface area contributed by atoms with Crippen molar-refractivity contribution in [2.75, 3.05) is 33.4 Å². The van der Waals surface area contributed by atoms with Gasteiger partial charge >= 0.3 is 0 Å². The predicted octanol–water partition coefficient (Wildman–Crippen LogP) is 1.70. The zero-order chi connectivity index (χ0) is 14.6. The van der Waals surface area contributed by atoms with Crippen LogP contribution in [0.2, 0.25) is 0 Å². The second-order valence-electron chi connectivity index (χ2n) is 5.48. The van der Waals surface area contributed by atoms with E-state index in [0.717, 1.165) is 30.8 Å². The van der Waals surface area contributed by atoms with E-state index >= 15 is 0 Å². The van der Waals surface area contributed by atoms with Crippen molar-refractivity contribution in [3.63, 3.8) is 0 Å². The molecule has 5 nitrogen and oxygen atoms in total. The molecule has 1 fully saturated rings. The number of carbonyl (C=O) groups is 1. The maximum Gasteiger partial charge on any atom is 0.273 e. The van der Waals surface area contributed by atoms with Gasteiger partial charge in [-0.15, -0.1) is 11.3 Å². The summed E-state index contributed by atoms with van der Waals surface area (Å²) >= 11 is 1.49. The molecule has 1 aliphatic heterocycles. The lowest BCUT2D eigenvalue weighted by atomic mass is 9.78. The van der Waals surface area contributed by atoms with Crippen molar-refractivity contribution < 1.29 is 14.6 Å². The zero-order valence-corrected chi connectivity index (χ0v) is 12.9. The van der Waals surface area contributed by atoms with Crippen LogP contribution in [-0.4, -0.2) is 54.3 Å². The number of methoxy groups -OCH3 is 1. The molecule has 2 heterocycles. The molecular weight excluding hydrogens is 276 g/mol. The fourth-order valence-corrected chi connectivity index (χ4v) is 3.32. The van der Waals surface area contributed by atoms with Gasteiger partial charge in [-0.25, -0.2) is 4.98 Å². The molecule has 112 valence electrons. The van der Waals surface area contributed by atoms with Crippen LogP contribution in [0, 0.1) is 12.3 Å². The number of hydrogen-bond acceptors (Lipinski definition) is 5. The summed E-state index contributed by atoms with van der Waals surface area (Å²) in [5.41, 5.74) is 0.294. The van der Waals surface area contributed by atoms with Gasteiger partial charge in [0.1, 0.15) is 5.69 Å². The first-order valence-corrected chi connectivity index (χ1v) is 7.79. The second-order valence-corrected chi connectivity index (χ2v) is 6.55. The van der Waals surface area contributed by atoms with Crippen molar-refractivity contribution in [3.8, 4) is 0 Å². The van der Waals surface area contributed by atoms with Crippen LogP contribution < -0.4 is 0 Å². The predicted molar refractivity (Wildman–Crippen MR) is 78.0 cm³/mol. The highest BCUT2D eigenvalue weighted by molar-refractivity contribution is 7.09. The summed E-state index contributed by atoms with van der Waals surface area (Å²) in [5.74, 6) is -0.0238. The first kappa shape index (κ1) is 15.4. The van der Waals surface area contributed by atoms with Crippen molar-refractivity contribution in [2.45, 2.75) is 26.2 Å². The van der Waals surface area contributed by atoms with Crippen molar-refractivity contribution in [3.05, 3.63) is 16.1 Å². The third-order valence-corrected chi connectivity index (χ3v) is 4.73. The Morgan fingerprint density at radius 1 is 1.65 bits per heavy atom. The number of likely N-dealkylation sites (tertiary alicyclic amines) is 1. The van der Waals surface area contributed by atoms with Gasteiger partial charge in [-0.1, -0.05) is 0 Å². The fourth-order valence-electron chi connectivity index (χ4n) is 2.74. The SMILES string of the molecule is COCC[C@]1(CO)CCCN(C(=O)c2csc(C)n2)C1.